The Bertz CT molecular complexity index is 1160. The maximum atomic E-state index is 12.9. The van der Waals surface area contributed by atoms with E-state index in [-0.39, 0.29) is 5.78 Å². The molecule has 24 heavy (non-hydrogen) atoms. The Morgan fingerprint density at radius 2 is 1.58 bits per heavy atom. The predicted octanol–water partition coefficient (Wildman–Crippen LogP) is 4.61. The number of hydrogen-bond acceptors (Lipinski definition) is 3. The van der Waals surface area contributed by atoms with Crippen molar-refractivity contribution in [3.05, 3.63) is 71.8 Å². The third kappa shape index (κ3) is 1.61. The Balaban J connectivity index is 1.95. The highest BCUT2D eigenvalue weighted by Crippen LogP contribution is 2.46. The lowest BCUT2D eigenvalue weighted by molar-refractivity contribution is 0.104. The Kier molecular flexibility index (Phi) is 2.57. The predicted molar refractivity (Wildman–Crippen MR) is 94.7 cm³/mol. The number of hydrogen-bond donors (Lipinski definition) is 0. The van der Waals surface area contributed by atoms with Gasteiger partial charge < -0.3 is 4.74 Å². The molecule has 3 aromatic carbocycles. The first-order valence-electron chi connectivity index (χ1n) is 7.82. The van der Waals surface area contributed by atoms with Crippen molar-refractivity contribution in [3.63, 3.8) is 0 Å². The summed E-state index contributed by atoms with van der Waals surface area (Å²) in [6.45, 7) is 0. The zero-order valence-electron chi connectivity index (χ0n) is 13.0. The van der Waals surface area contributed by atoms with Crippen molar-refractivity contribution in [2.45, 2.75) is 0 Å². The smallest absolute Gasteiger partial charge is 0.196 e. The van der Waals surface area contributed by atoms with Gasteiger partial charge in [-0.3, -0.25) is 4.79 Å². The number of para-hydroxylation sites is 1. The molecule has 1 aliphatic rings. The highest BCUT2D eigenvalue weighted by Gasteiger charge is 2.32. The molecule has 5 rings (SSSR count). The van der Waals surface area contributed by atoms with Crippen LogP contribution in [0.4, 0.5) is 0 Å². The number of aromatic nitrogens is 1. The molecule has 3 nitrogen and oxygen atoms in total. The monoisotopic (exact) mass is 311 g/mol. The highest BCUT2D eigenvalue weighted by atomic mass is 16.5. The molecule has 0 amide bonds. The van der Waals surface area contributed by atoms with E-state index in [1.807, 2.05) is 60.7 Å². The number of pyridine rings is 1. The van der Waals surface area contributed by atoms with Crippen LogP contribution in [0.25, 0.3) is 32.9 Å². The fourth-order valence-electron chi connectivity index (χ4n) is 3.57. The van der Waals surface area contributed by atoms with Crippen LogP contribution in [0.3, 0.4) is 0 Å². The Morgan fingerprint density at radius 1 is 0.875 bits per heavy atom. The third-order valence-corrected chi connectivity index (χ3v) is 4.66. The van der Waals surface area contributed by atoms with Gasteiger partial charge in [0.15, 0.2) is 5.78 Å². The fraction of sp³-hybridized carbons (Fsp3) is 0.0476. The summed E-state index contributed by atoms with van der Waals surface area (Å²) in [5.41, 5.74) is 3.73. The number of benzene rings is 3. The second-order valence-electron chi connectivity index (χ2n) is 5.96. The zero-order chi connectivity index (χ0) is 16.3. The van der Waals surface area contributed by atoms with Gasteiger partial charge in [-0.2, -0.15) is 0 Å². The molecule has 0 atom stereocenters. The quantitative estimate of drug-likeness (QED) is 0.454. The van der Waals surface area contributed by atoms with Crippen LogP contribution in [0.15, 0.2) is 60.7 Å². The highest BCUT2D eigenvalue weighted by molar-refractivity contribution is 6.25. The standard InChI is InChI=1S/C21H13NO2/c1-24-21-14-8-4-2-6-12(14)10-15-18(21)19-16(20(15)23)11-13-7-3-5-9-17(13)22-19/h2-11H,1H3. The molecule has 4 aromatic rings. The third-order valence-electron chi connectivity index (χ3n) is 4.66. The molecule has 0 saturated carbocycles. The summed E-state index contributed by atoms with van der Waals surface area (Å²) in [5, 5.41) is 2.97. The van der Waals surface area contributed by atoms with Crippen LogP contribution < -0.4 is 4.74 Å². The number of rotatable bonds is 1. The molecule has 114 valence electrons. The second-order valence-corrected chi connectivity index (χ2v) is 5.96. The molecule has 0 unspecified atom stereocenters. The van der Waals surface area contributed by atoms with Crippen molar-refractivity contribution in [1.29, 1.82) is 0 Å². The minimum Gasteiger partial charge on any atom is -0.495 e. The normalized spacial score (nSPS) is 12.5. The number of ether oxygens (including phenoxy) is 1. The van der Waals surface area contributed by atoms with Crippen molar-refractivity contribution in [3.8, 4) is 17.0 Å². The minimum atomic E-state index is 0.0160. The number of ketones is 1. The molecule has 1 aromatic heterocycles. The van der Waals surface area contributed by atoms with Gasteiger partial charge in [0.2, 0.25) is 0 Å². The van der Waals surface area contributed by atoms with Gasteiger partial charge in [0.1, 0.15) is 5.75 Å². The van der Waals surface area contributed by atoms with Crippen molar-refractivity contribution < 1.29 is 9.53 Å². The fourth-order valence-corrected chi connectivity index (χ4v) is 3.57. The van der Waals surface area contributed by atoms with E-state index >= 15 is 0 Å². The van der Waals surface area contributed by atoms with E-state index in [1.54, 1.807) is 7.11 Å². The van der Waals surface area contributed by atoms with Crippen LogP contribution >= 0.6 is 0 Å². The van der Waals surface area contributed by atoms with E-state index in [4.69, 9.17) is 9.72 Å². The number of carbonyl (C=O) groups is 1. The molecule has 0 saturated heterocycles. The zero-order valence-corrected chi connectivity index (χ0v) is 13.0. The van der Waals surface area contributed by atoms with Gasteiger partial charge >= 0.3 is 0 Å². The summed E-state index contributed by atoms with van der Waals surface area (Å²) in [4.78, 5) is 17.7. The summed E-state index contributed by atoms with van der Waals surface area (Å²) in [6.07, 6.45) is 0. The lowest BCUT2D eigenvalue weighted by Crippen LogP contribution is -1.96. The Morgan fingerprint density at radius 3 is 2.42 bits per heavy atom. The van der Waals surface area contributed by atoms with E-state index in [2.05, 4.69) is 0 Å². The molecule has 3 heteroatoms. The molecule has 0 bridgehead atoms. The van der Waals surface area contributed by atoms with E-state index in [0.29, 0.717) is 11.1 Å². The molecule has 0 N–H and O–H groups in total. The average Bonchev–Trinajstić information content (AvgIpc) is 2.90. The number of nitrogens with zero attached hydrogens (tertiary/aromatic N) is 1. The molecule has 0 aliphatic heterocycles. The van der Waals surface area contributed by atoms with Crippen LogP contribution in [0.1, 0.15) is 15.9 Å². The van der Waals surface area contributed by atoms with E-state index in [9.17, 15) is 4.79 Å². The number of methoxy groups -OCH3 is 1. The topological polar surface area (TPSA) is 39.2 Å². The van der Waals surface area contributed by atoms with E-state index in [1.165, 1.54) is 0 Å². The molecular formula is C21H13NO2. The van der Waals surface area contributed by atoms with Crippen molar-refractivity contribution in [2.75, 3.05) is 7.11 Å². The SMILES string of the molecule is COc1c2c(cc3ccccc13)C(=O)c1cc3ccccc3nc1-2. The molecule has 1 aliphatic carbocycles. The summed E-state index contributed by atoms with van der Waals surface area (Å²) in [6, 6.07) is 19.7. The van der Waals surface area contributed by atoms with Crippen molar-refractivity contribution in [1.82, 2.24) is 4.98 Å². The van der Waals surface area contributed by atoms with Gasteiger partial charge in [-0.25, -0.2) is 4.98 Å². The largest absolute Gasteiger partial charge is 0.495 e. The molecule has 1 heterocycles. The number of fused-ring (bicyclic) bond motifs is 5. The first-order chi connectivity index (χ1) is 11.8. The molecule has 0 radical (unpaired) electrons. The average molecular weight is 311 g/mol. The van der Waals surface area contributed by atoms with Gasteiger partial charge in [0, 0.05) is 21.9 Å². The van der Waals surface area contributed by atoms with Crippen LogP contribution in [0.5, 0.6) is 5.75 Å². The molecule has 0 spiro atoms. The van der Waals surface area contributed by atoms with Gasteiger partial charge in [-0.05, 0) is 23.6 Å². The lowest BCUT2D eigenvalue weighted by Gasteiger charge is -2.11. The summed E-state index contributed by atoms with van der Waals surface area (Å²) in [7, 11) is 1.64. The van der Waals surface area contributed by atoms with Gasteiger partial charge in [-0.15, -0.1) is 0 Å². The van der Waals surface area contributed by atoms with Crippen LogP contribution in [0, 0.1) is 0 Å². The van der Waals surface area contributed by atoms with E-state index in [0.717, 1.165) is 38.7 Å². The summed E-state index contributed by atoms with van der Waals surface area (Å²) in [5.74, 6) is 0.736. The molecular weight excluding hydrogens is 298 g/mol. The summed E-state index contributed by atoms with van der Waals surface area (Å²) >= 11 is 0. The van der Waals surface area contributed by atoms with Crippen LogP contribution in [-0.4, -0.2) is 17.9 Å². The van der Waals surface area contributed by atoms with E-state index < -0.39 is 0 Å². The second kappa shape index (κ2) is 4.65. The first-order valence-corrected chi connectivity index (χ1v) is 7.82. The first kappa shape index (κ1) is 13.3. The lowest BCUT2D eigenvalue weighted by atomic mass is 10.0. The van der Waals surface area contributed by atoms with Gasteiger partial charge in [0.05, 0.1) is 23.9 Å². The van der Waals surface area contributed by atoms with Crippen LogP contribution in [-0.2, 0) is 0 Å². The van der Waals surface area contributed by atoms with Gasteiger partial charge in [0.25, 0.3) is 0 Å². The Labute approximate surface area is 138 Å². The van der Waals surface area contributed by atoms with Gasteiger partial charge in [-0.1, -0.05) is 42.5 Å². The summed E-state index contributed by atoms with van der Waals surface area (Å²) < 4.78 is 5.70. The van der Waals surface area contributed by atoms with Crippen molar-refractivity contribution >= 4 is 27.5 Å². The molecule has 0 fully saturated rings. The maximum Gasteiger partial charge on any atom is 0.196 e. The van der Waals surface area contributed by atoms with Crippen LogP contribution in [0.2, 0.25) is 0 Å². The Hall–Kier alpha value is -3.20. The minimum absolute atomic E-state index is 0.0160. The number of carbonyl (C=O) groups excluding carboxylic acids is 1. The van der Waals surface area contributed by atoms with Crippen molar-refractivity contribution in [2.24, 2.45) is 0 Å². The maximum absolute atomic E-state index is 12.9.